The van der Waals surface area contributed by atoms with Crippen molar-refractivity contribution in [2.45, 2.75) is 39.7 Å². The monoisotopic (exact) mass is 469 g/mol. The Kier molecular flexibility index (Phi) is 6.16. The molecule has 4 aromatic rings. The Morgan fingerprint density at radius 3 is 2.49 bits per heavy atom. The summed E-state index contributed by atoms with van der Waals surface area (Å²) in [5.41, 5.74) is 6.10. The van der Waals surface area contributed by atoms with E-state index in [9.17, 15) is 9.59 Å². The first-order valence-electron chi connectivity index (χ1n) is 12.2. The lowest BCUT2D eigenvalue weighted by Gasteiger charge is -2.27. The number of nitrogens with one attached hydrogen (secondary N) is 1. The number of fused-ring (bicyclic) bond motifs is 1. The highest BCUT2D eigenvalue weighted by atomic mass is 16.2. The lowest BCUT2D eigenvalue weighted by molar-refractivity contribution is 0.0714. The molecular formula is C28H31N5O2. The van der Waals surface area contributed by atoms with Gasteiger partial charge in [-0.3, -0.25) is 14.3 Å². The van der Waals surface area contributed by atoms with Gasteiger partial charge in [-0.15, -0.1) is 0 Å². The molecule has 1 aliphatic heterocycles. The first-order chi connectivity index (χ1) is 16.9. The normalized spacial score (nSPS) is 13.9. The average molecular weight is 470 g/mol. The molecule has 180 valence electrons. The maximum atomic E-state index is 13.2. The molecule has 35 heavy (non-hydrogen) atoms. The average Bonchev–Trinajstić information content (AvgIpc) is 3.36. The molecule has 2 amide bonds. The van der Waals surface area contributed by atoms with E-state index in [4.69, 9.17) is 0 Å². The molecule has 0 saturated carbocycles. The number of aryl methyl sites for hydroxylation is 2. The molecule has 0 atom stereocenters. The summed E-state index contributed by atoms with van der Waals surface area (Å²) in [6.45, 7) is 6.48. The highest BCUT2D eigenvalue weighted by molar-refractivity contribution is 6.09. The number of carbonyl (C=O) groups is 2. The van der Waals surface area contributed by atoms with E-state index in [1.165, 1.54) is 11.3 Å². The van der Waals surface area contributed by atoms with Crippen molar-refractivity contribution in [3.8, 4) is 0 Å². The molecule has 2 aromatic heterocycles. The van der Waals surface area contributed by atoms with E-state index in [0.717, 1.165) is 55.4 Å². The molecule has 0 spiro atoms. The minimum atomic E-state index is -0.250. The zero-order valence-corrected chi connectivity index (χ0v) is 20.5. The minimum Gasteiger partial charge on any atom is -0.340 e. The largest absolute Gasteiger partial charge is 0.340 e. The summed E-state index contributed by atoms with van der Waals surface area (Å²) in [7, 11) is 1.74. The second-order valence-corrected chi connectivity index (χ2v) is 9.35. The van der Waals surface area contributed by atoms with Crippen LogP contribution < -0.4 is 5.32 Å². The molecule has 1 N–H and O–H groups in total. The van der Waals surface area contributed by atoms with Crippen molar-refractivity contribution in [2.24, 2.45) is 7.05 Å². The highest BCUT2D eigenvalue weighted by Gasteiger charge is 2.25. The zero-order chi connectivity index (χ0) is 24.5. The number of hydrogen-bond donors (Lipinski definition) is 1. The van der Waals surface area contributed by atoms with Gasteiger partial charge < -0.3 is 14.8 Å². The smallest absolute Gasteiger partial charge is 0.274 e. The SMILES string of the molecule is Cc1c(C)n(Cc2ccccc2)c2ccc(C(=O)Nc3cnn(C)c3C(=O)N3CCCCC3)cc12. The molecule has 5 rings (SSSR count). The second kappa shape index (κ2) is 9.41. The molecule has 1 fully saturated rings. The van der Waals surface area contributed by atoms with Crippen LogP contribution in [0.25, 0.3) is 10.9 Å². The molecule has 0 radical (unpaired) electrons. The van der Waals surface area contributed by atoms with Crippen molar-refractivity contribution in [1.82, 2.24) is 19.2 Å². The summed E-state index contributed by atoms with van der Waals surface area (Å²) in [6, 6.07) is 16.2. The molecule has 7 nitrogen and oxygen atoms in total. The first-order valence-corrected chi connectivity index (χ1v) is 12.2. The van der Waals surface area contributed by atoms with E-state index < -0.39 is 0 Å². The predicted octanol–water partition coefficient (Wildman–Crippen LogP) is 4.92. The number of likely N-dealkylation sites (tertiary alicyclic amines) is 1. The fraction of sp³-hybridized carbons (Fsp3) is 0.321. The van der Waals surface area contributed by atoms with Crippen LogP contribution in [-0.4, -0.2) is 44.2 Å². The van der Waals surface area contributed by atoms with Crippen LogP contribution in [0.1, 0.15) is 56.9 Å². The van der Waals surface area contributed by atoms with Crippen LogP contribution in [0.5, 0.6) is 0 Å². The third-order valence-corrected chi connectivity index (χ3v) is 7.12. The van der Waals surface area contributed by atoms with Crippen molar-refractivity contribution >= 4 is 28.4 Å². The van der Waals surface area contributed by atoms with Crippen LogP contribution in [-0.2, 0) is 13.6 Å². The Bertz CT molecular complexity index is 1390. The van der Waals surface area contributed by atoms with E-state index in [0.29, 0.717) is 16.9 Å². The highest BCUT2D eigenvalue weighted by Crippen LogP contribution is 2.28. The van der Waals surface area contributed by atoms with Crippen LogP contribution in [0, 0.1) is 13.8 Å². The minimum absolute atomic E-state index is 0.0834. The van der Waals surface area contributed by atoms with Crippen LogP contribution in [0.15, 0.2) is 54.7 Å². The van der Waals surface area contributed by atoms with Gasteiger partial charge in [0.25, 0.3) is 11.8 Å². The van der Waals surface area contributed by atoms with Crippen molar-refractivity contribution < 1.29 is 9.59 Å². The second-order valence-electron chi connectivity index (χ2n) is 9.35. The van der Waals surface area contributed by atoms with Gasteiger partial charge in [0.2, 0.25) is 0 Å². The number of hydrogen-bond acceptors (Lipinski definition) is 3. The number of carbonyl (C=O) groups excluding carboxylic acids is 2. The number of anilines is 1. The van der Waals surface area contributed by atoms with E-state index >= 15 is 0 Å². The molecule has 2 aromatic carbocycles. The Balaban J connectivity index is 1.41. The number of aromatic nitrogens is 3. The summed E-state index contributed by atoms with van der Waals surface area (Å²) in [4.78, 5) is 28.2. The number of nitrogens with zero attached hydrogens (tertiary/aromatic N) is 4. The lowest BCUT2D eigenvalue weighted by atomic mass is 10.1. The summed E-state index contributed by atoms with van der Waals surface area (Å²) in [6.07, 6.45) is 4.72. The maximum Gasteiger partial charge on any atom is 0.274 e. The fourth-order valence-corrected chi connectivity index (χ4v) is 4.98. The quantitative estimate of drug-likeness (QED) is 0.451. The summed E-state index contributed by atoms with van der Waals surface area (Å²) in [5.74, 6) is -0.333. The Hall–Kier alpha value is -3.87. The van der Waals surface area contributed by atoms with Crippen molar-refractivity contribution in [3.63, 3.8) is 0 Å². The predicted molar refractivity (Wildman–Crippen MR) is 138 cm³/mol. The van der Waals surface area contributed by atoms with E-state index in [1.807, 2.05) is 41.3 Å². The van der Waals surface area contributed by atoms with E-state index in [2.05, 4.69) is 41.0 Å². The number of amides is 2. The van der Waals surface area contributed by atoms with Crippen LogP contribution in [0.4, 0.5) is 5.69 Å². The van der Waals surface area contributed by atoms with Crippen molar-refractivity contribution in [2.75, 3.05) is 18.4 Å². The van der Waals surface area contributed by atoms with Crippen LogP contribution in [0.3, 0.4) is 0 Å². The van der Waals surface area contributed by atoms with Gasteiger partial charge in [-0.1, -0.05) is 30.3 Å². The van der Waals surface area contributed by atoms with Gasteiger partial charge in [0.1, 0.15) is 5.69 Å². The van der Waals surface area contributed by atoms with Gasteiger partial charge in [0.05, 0.1) is 11.9 Å². The molecule has 1 aliphatic rings. The summed E-state index contributed by atoms with van der Waals surface area (Å²) < 4.78 is 3.84. The first kappa shape index (κ1) is 22.9. The van der Waals surface area contributed by atoms with Gasteiger partial charge in [-0.2, -0.15) is 5.10 Å². The molecular weight excluding hydrogens is 438 g/mol. The Morgan fingerprint density at radius 2 is 1.74 bits per heavy atom. The van der Waals surface area contributed by atoms with Gasteiger partial charge >= 0.3 is 0 Å². The Labute approximate surface area is 205 Å². The summed E-state index contributed by atoms with van der Waals surface area (Å²) in [5, 5.41) is 8.24. The number of rotatable bonds is 5. The van der Waals surface area contributed by atoms with Crippen molar-refractivity contribution in [3.05, 3.63) is 82.8 Å². The number of piperidine rings is 1. The molecule has 1 saturated heterocycles. The standard InChI is InChI=1S/C28H31N5O2/c1-19-20(2)33(18-21-10-6-4-7-11-21)25-13-12-22(16-23(19)25)27(34)30-24-17-29-31(3)26(24)28(35)32-14-8-5-9-15-32/h4,6-7,10-13,16-17H,5,8-9,14-15,18H2,1-3H3,(H,30,34). The molecule has 7 heteroatoms. The third kappa shape index (κ3) is 4.34. The summed E-state index contributed by atoms with van der Waals surface area (Å²) >= 11 is 0. The lowest BCUT2D eigenvalue weighted by Crippen LogP contribution is -2.37. The Morgan fingerprint density at radius 1 is 1.00 bits per heavy atom. The van der Waals surface area contributed by atoms with Crippen LogP contribution >= 0.6 is 0 Å². The van der Waals surface area contributed by atoms with Gasteiger partial charge in [0.15, 0.2) is 0 Å². The topological polar surface area (TPSA) is 72.2 Å². The third-order valence-electron chi connectivity index (χ3n) is 7.12. The molecule has 0 unspecified atom stereocenters. The van der Waals surface area contributed by atoms with Gasteiger partial charge in [-0.25, -0.2) is 0 Å². The zero-order valence-electron chi connectivity index (χ0n) is 20.5. The molecule has 3 heterocycles. The number of benzene rings is 2. The van der Waals surface area contributed by atoms with Gasteiger partial charge in [-0.05, 0) is 62.4 Å². The van der Waals surface area contributed by atoms with Crippen LogP contribution in [0.2, 0.25) is 0 Å². The van der Waals surface area contributed by atoms with Crippen molar-refractivity contribution in [1.29, 1.82) is 0 Å². The van der Waals surface area contributed by atoms with E-state index in [1.54, 1.807) is 17.9 Å². The molecule has 0 bridgehead atoms. The maximum absolute atomic E-state index is 13.2. The van der Waals surface area contributed by atoms with E-state index in [-0.39, 0.29) is 11.8 Å². The molecule has 0 aliphatic carbocycles. The van der Waals surface area contributed by atoms with Gasteiger partial charge in [0, 0.05) is 48.8 Å². The fourth-order valence-electron chi connectivity index (χ4n) is 4.98.